The molecule has 0 spiro atoms. The molecule has 0 amide bonds. The molecule has 3 N–H and O–H groups in total. The number of nitrogens with two attached hydrogens (primary N) is 1. The van der Waals surface area contributed by atoms with Gasteiger partial charge in [0.25, 0.3) is 0 Å². The van der Waals surface area contributed by atoms with E-state index in [4.69, 9.17) is 10.5 Å². The summed E-state index contributed by atoms with van der Waals surface area (Å²) in [4.78, 5) is 4.22. The monoisotopic (exact) mass is 281 g/mol. The van der Waals surface area contributed by atoms with Crippen molar-refractivity contribution >= 4 is 5.96 Å². The van der Waals surface area contributed by atoms with Gasteiger partial charge in [0.05, 0.1) is 6.54 Å². The first kappa shape index (κ1) is 16.3. The molecule has 0 aliphatic heterocycles. The van der Waals surface area contributed by atoms with Gasteiger partial charge in [-0.1, -0.05) is 32.3 Å². The number of nitrogens with one attached hydrogen (secondary N) is 1. The van der Waals surface area contributed by atoms with Crippen LogP contribution in [0.15, 0.2) is 29.3 Å². The summed E-state index contributed by atoms with van der Waals surface area (Å²) in [6.07, 6.45) is 4.71. The van der Waals surface area contributed by atoms with Gasteiger partial charge in [0, 0.05) is 12.6 Å². The van der Waals surface area contributed by atoms with Gasteiger partial charge in [0.15, 0.2) is 5.96 Å². The molecule has 0 saturated carbocycles. The lowest BCUT2D eigenvalue weighted by Crippen LogP contribution is -2.34. The van der Waals surface area contributed by atoms with Crippen LogP contribution in [0, 0.1) is 5.82 Å². The van der Waals surface area contributed by atoms with Crippen LogP contribution in [-0.4, -0.2) is 25.7 Å². The molecule has 1 aromatic carbocycles. The first-order valence-electron chi connectivity index (χ1n) is 7.14. The number of aliphatic imine (C=N–C) groups is 1. The number of unbranched alkanes of at least 4 members (excludes halogenated alkanes) is 3. The Morgan fingerprint density at radius 3 is 2.95 bits per heavy atom. The number of ether oxygens (including phenoxy) is 1. The van der Waals surface area contributed by atoms with Crippen LogP contribution in [-0.2, 0) is 0 Å². The normalized spacial score (nSPS) is 11.4. The van der Waals surface area contributed by atoms with Crippen molar-refractivity contribution in [2.45, 2.75) is 32.6 Å². The molecule has 0 aliphatic rings. The Kier molecular flexibility index (Phi) is 8.19. The minimum Gasteiger partial charge on any atom is -0.492 e. The maximum atomic E-state index is 12.9. The van der Waals surface area contributed by atoms with Crippen LogP contribution in [0.2, 0.25) is 0 Å². The summed E-state index contributed by atoms with van der Waals surface area (Å²) in [6, 6.07) is 6.07. The second-order valence-electron chi connectivity index (χ2n) is 4.56. The fourth-order valence-corrected chi connectivity index (χ4v) is 1.70. The highest BCUT2D eigenvalue weighted by atomic mass is 19.1. The molecule has 0 unspecified atom stereocenters. The minimum atomic E-state index is -0.302. The van der Waals surface area contributed by atoms with E-state index < -0.39 is 0 Å². The number of halogens is 1. The van der Waals surface area contributed by atoms with E-state index in [1.54, 1.807) is 12.1 Å². The Morgan fingerprint density at radius 1 is 1.35 bits per heavy atom. The van der Waals surface area contributed by atoms with E-state index in [1.807, 2.05) is 0 Å². The fourth-order valence-electron chi connectivity index (χ4n) is 1.70. The molecule has 0 radical (unpaired) electrons. The van der Waals surface area contributed by atoms with Gasteiger partial charge in [-0.2, -0.15) is 0 Å². The predicted octanol–water partition coefficient (Wildman–Crippen LogP) is 2.69. The highest BCUT2D eigenvalue weighted by Gasteiger charge is 1.96. The lowest BCUT2D eigenvalue weighted by Gasteiger charge is -2.08. The second-order valence-corrected chi connectivity index (χ2v) is 4.56. The topological polar surface area (TPSA) is 59.6 Å². The van der Waals surface area contributed by atoms with Crippen molar-refractivity contribution in [2.24, 2.45) is 10.7 Å². The highest BCUT2D eigenvalue weighted by molar-refractivity contribution is 5.77. The molecule has 1 aromatic rings. The first-order chi connectivity index (χ1) is 9.72. The molecule has 0 atom stereocenters. The van der Waals surface area contributed by atoms with Crippen LogP contribution >= 0.6 is 0 Å². The van der Waals surface area contributed by atoms with Gasteiger partial charge >= 0.3 is 0 Å². The summed E-state index contributed by atoms with van der Waals surface area (Å²) >= 11 is 0. The van der Waals surface area contributed by atoms with E-state index in [-0.39, 0.29) is 5.82 Å². The molecule has 0 fully saturated rings. The Hall–Kier alpha value is -1.78. The molecule has 1 rings (SSSR count). The number of guanidine groups is 1. The minimum absolute atomic E-state index is 0.302. The van der Waals surface area contributed by atoms with Gasteiger partial charge in [0.1, 0.15) is 18.2 Å². The lowest BCUT2D eigenvalue weighted by molar-refractivity contribution is 0.320. The Bertz CT molecular complexity index is 410. The molecular formula is C15H24FN3O. The first-order valence-corrected chi connectivity index (χ1v) is 7.14. The van der Waals surface area contributed by atoms with Gasteiger partial charge in [-0.15, -0.1) is 0 Å². The Balaban J connectivity index is 2.09. The van der Waals surface area contributed by atoms with Gasteiger partial charge in [0.2, 0.25) is 0 Å². The zero-order valence-corrected chi connectivity index (χ0v) is 12.1. The number of nitrogens with zero attached hydrogens (tertiary/aromatic N) is 1. The maximum Gasteiger partial charge on any atom is 0.188 e. The van der Waals surface area contributed by atoms with Crippen molar-refractivity contribution < 1.29 is 9.13 Å². The lowest BCUT2D eigenvalue weighted by atomic mass is 10.2. The third kappa shape index (κ3) is 7.61. The number of benzene rings is 1. The Labute approximate surface area is 120 Å². The maximum absolute atomic E-state index is 12.9. The SMILES string of the molecule is CCCCCCN=C(N)NCCOc1cccc(F)c1. The third-order valence-electron chi connectivity index (χ3n) is 2.77. The van der Waals surface area contributed by atoms with Gasteiger partial charge in [-0.25, -0.2) is 4.39 Å². The summed E-state index contributed by atoms with van der Waals surface area (Å²) < 4.78 is 18.3. The van der Waals surface area contributed by atoms with Gasteiger partial charge in [-0.3, -0.25) is 4.99 Å². The summed E-state index contributed by atoms with van der Waals surface area (Å²) in [7, 11) is 0. The molecule has 20 heavy (non-hydrogen) atoms. The van der Waals surface area contributed by atoms with Crippen LogP contribution < -0.4 is 15.8 Å². The summed E-state index contributed by atoms with van der Waals surface area (Å²) in [5.41, 5.74) is 5.72. The molecule has 5 heteroatoms. The molecular weight excluding hydrogens is 257 g/mol. The third-order valence-corrected chi connectivity index (χ3v) is 2.77. The fraction of sp³-hybridized carbons (Fsp3) is 0.533. The van der Waals surface area contributed by atoms with Crippen molar-refractivity contribution in [3.63, 3.8) is 0 Å². The predicted molar refractivity (Wildman–Crippen MR) is 80.5 cm³/mol. The van der Waals surface area contributed by atoms with E-state index in [1.165, 1.54) is 31.4 Å². The molecule has 0 heterocycles. The van der Waals surface area contributed by atoms with Crippen LogP contribution in [0.1, 0.15) is 32.6 Å². The number of hydrogen-bond donors (Lipinski definition) is 2. The largest absolute Gasteiger partial charge is 0.492 e. The van der Waals surface area contributed by atoms with Crippen molar-refractivity contribution in [1.29, 1.82) is 0 Å². The van der Waals surface area contributed by atoms with Gasteiger partial charge < -0.3 is 15.8 Å². The van der Waals surface area contributed by atoms with Crippen molar-refractivity contribution in [1.82, 2.24) is 5.32 Å². The van der Waals surface area contributed by atoms with E-state index in [0.717, 1.165) is 13.0 Å². The van der Waals surface area contributed by atoms with E-state index in [0.29, 0.717) is 24.9 Å². The average Bonchev–Trinajstić information content (AvgIpc) is 2.43. The van der Waals surface area contributed by atoms with Crippen LogP contribution in [0.3, 0.4) is 0 Å². The highest BCUT2D eigenvalue weighted by Crippen LogP contribution is 2.11. The average molecular weight is 281 g/mol. The molecule has 0 bridgehead atoms. The van der Waals surface area contributed by atoms with Gasteiger partial charge in [-0.05, 0) is 18.6 Å². The van der Waals surface area contributed by atoms with Crippen molar-refractivity contribution in [3.05, 3.63) is 30.1 Å². The van der Waals surface area contributed by atoms with E-state index in [9.17, 15) is 4.39 Å². The van der Waals surface area contributed by atoms with Crippen LogP contribution in [0.5, 0.6) is 5.75 Å². The molecule has 112 valence electrons. The van der Waals surface area contributed by atoms with E-state index >= 15 is 0 Å². The van der Waals surface area contributed by atoms with Crippen LogP contribution in [0.4, 0.5) is 4.39 Å². The smallest absolute Gasteiger partial charge is 0.188 e. The van der Waals surface area contributed by atoms with Crippen LogP contribution in [0.25, 0.3) is 0 Å². The van der Waals surface area contributed by atoms with Crippen molar-refractivity contribution in [3.8, 4) is 5.75 Å². The molecule has 4 nitrogen and oxygen atoms in total. The standard InChI is InChI=1S/C15H24FN3O/c1-2-3-4-5-9-18-15(17)19-10-11-20-14-8-6-7-13(16)12-14/h6-8,12H,2-5,9-11H2,1H3,(H3,17,18,19). The van der Waals surface area contributed by atoms with E-state index in [2.05, 4.69) is 17.2 Å². The quantitative estimate of drug-likeness (QED) is 0.415. The zero-order chi connectivity index (χ0) is 14.6. The summed E-state index contributed by atoms with van der Waals surface area (Å²) in [5.74, 6) is 0.648. The number of rotatable bonds is 9. The number of hydrogen-bond acceptors (Lipinski definition) is 2. The van der Waals surface area contributed by atoms with Crippen molar-refractivity contribution in [2.75, 3.05) is 19.7 Å². The summed E-state index contributed by atoms with van der Waals surface area (Å²) in [6.45, 7) is 3.89. The molecule has 0 saturated heterocycles. The Morgan fingerprint density at radius 2 is 2.20 bits per heavy atom. The zero-order valence-electron chi connectivity index (χ0n) is 12.1. The molecule has 0 aromatic heterocycles. The summed E-state index contributed by atoms with van der Waals surface area (Å²) in [5, 5.41) is 2.97. The second kappa shape index (κ2) is 10.1. The molecule has 0 aliphatic carbocycles.